The van der Waals surface area contributed by atoms with Gasteiger partial charge in [0.25, 0.3) is 0 Å². The van der Waals surface area contributed by atoms with Crippen molar-refractivity contribution in [3.05, 3.63) is 16.1 Å². The number of thiazole rings is 1. The number of hydrogen-bond donors (Lipinski definition) is 2. The van der Waals surface area contributed by atoms with E-state index in [0.717, 1.165) is 24.4 Å². The quantitative estimate of drug-likeness (QED) is 0.701. The Labute approximate surface area is 116 Å². The summed E-state index contributed by atoms with van der Waals surface area (Å²) in [6.45, 7) is 6.41. The maximum Gasteiger partial charge on any atom is 0.365 e. The highest BCUT2D eigenvalue weighted by Crippen LogP contribution is 2.09. The normalized spacial score (nSPS) is 10.4. The second-order valence-corrected chi connectivity index (χ2v) is 4.80. The van der Waals surface area contributed by atoms with Crippen molar-refractivity contribution in [2.24, 2.45) is 0 Å². The number of carbonyl (C=O) groups excluding carboxylic acids is 1. The van der Waals surface area contributed by atoms with Crippen LogP contribution in [-0.4, -0.2) is 46.5 Å². The number of aromatic carboxylic acids is 1. The van der Waals surface area contributed by atoms with Gasteiger partial charge in [0.2, 0.25) is 10.9 Å². The van der Waals surface area contributed by atoms with Crippen LogP contribution < -0.4 is 5.32 Å². The SMILES string of the molecule is CCN(CC)C(=O)CCNCc1csc(C(=O)O)n1. The standard InChI is InChI=1S/C12H19N3O3S/c1-3-15(4-2)10(16)5-6-13-7-9-8-19-11(14-9)12(17)18/h8,13H,3-7H2,1-2H3,(H,17,18). The molecule has 0 aliphatic heterocycles. The molecule has 0 atom stereocenters. The Morgan fingerprint density at radius 1 is 1.42 bits per heavy atom. The Hall–Kier alpha value is -1.47. The lowest BCUT2D eigenvalue weighted by molar-refractivity contribution is -0.130. The van der Waals surface area contributed by atoms with E-state index in [9.17, 15) is 9.59 Å². The van der Waals surface area contributed by atoms with Crippen LogP contribution in [-0.2, 0) is 11.3 Å². The lowest BCUT2D eigenvalue weighted by Gasteiger charge is -2.18. The topological polar surface area (TPSA) is 82.5 Å². The molecule has 0 radical (unpaired) electrons. The molecule has 0 fully saturated rings. The van der Waals surface area contributed by atoms with Crippen LogP contribution in [0.2, 0.25) is 0 Å². The first-order chi connectivity index (χ1) is 9.08. The van der Waals surface area contributed by atoms with E-state index in [0.29, 0.717) is 25.2 Å². The molecule has 1 aromatic heterocycles. The van der Waals surface area contributed by atoms with Crippen molar-refractivity contribution in [3.63, 3.8) is 0 Å². The molecule has 0 aliphatic rings. The van der Waals surface area contributed by atoms with Gasteiger partial charge in [-0.3, -0.25) is 4.79 Å². The molecule has 2 N–H and O–H groups in total. The van der Waals surface area contributed by atoms with Gasteiger partial charge in [-0.05, 0) is 13.8 Å². The molecule has 0 unspecified atom stereocenters. The third-order valence-electron chi connectivity index (χ3n) is 2.67. The monoisotopic (exact) mass is 285 g/mol. The lowest BCUT2D eigenvalue weighted by atomic mass is 10.3. The summed E-state index contributed by atoms with van der Waals surface area (Å²) in [6.07, 6.45) is 0.442. The number of carboxylic acids is 1. The predicted molar refractivity (Wildman–Crippen MR) is 73.3 cm³/mol. The Bertz CT molecular complexity index is 430. The minimum Gasteiger partial charge on any atom is -0.476 e. The Morgan fingerprint density at radius 3 is 2.63 bits per heavy atom. The van der Waals surface area contributed by atoms with Crippen molar-refractivity contribution >= 4 is 23.2 Å². The van der Waals surface area contributed by atoms with Gasteiger partial charge < -0.3 is 15.3 Å². The zero-order valence-electron chi connectivity index (χ0n) is 11.2. The van der Waals surface area contributed by atoms with Crippen molar-refractivity contribution in [1.29, 1.82) is 0 Å². The summed E-state index contributed by atoms with van der Waals surface area (Å²) >= 11 is 1.11. The largest absolute Gasteiger partial charge is 0.476 e. The highest BCUT2D eigenvalue weighted by atomic mass is 32.1. The van der Waals surface area contributed by atoms with Crippen LogP contribution in [0.15, 0.2) is 5.38 Å². The van der Waals surface area contributed by atoms with E-state index >= 15 is 0 Å². The van der Waals surface area contributed by atoms with Crippen molar-refractivity contribution in [2.75, 3.05) is 19.6 Å². The van der Waals surface area contributed by atoms with Crippen LogP contribution >= 0.6 is 11.3 Å². The number of carbonyl (C=O) groups is 2. The molecule has 0 bridgehead atoms. The van der Waals surface area contributed by atoms with E-state index in [-0.39, 0.29) is 10.9 Å². The molecular weight excluding hydrogens is 266 g/mol. The smallest absolute Gasteiger partial charge is 0.365 e. The number of aromatic nitrogens is 1. The van der Waals surface area contributed by atoms with Gasteiger partial charge >= 0.3 is 5.97 Å². The highest BCUT2D eigenvalue weighted by molar-refractivity contribution is 7.11. The summed E-state index contributed by atoms with van der Waals surface area (Å²) < 4.78 is 0. The van der Waals surface area contributed by atoms with Gasteiger partial charge in [-0.25, -0.2) is 9.78 Å². The fourth-order valence-electron chi connectivity index (χ4n) is 1.63. The maximum atomic E-state index is 11.7. The summed E-state index contributed by atoms with van der Waals surface area (Å²) in [5.41, 5.74) is 0.692. The molecular formula is C12H19N3O3S. The third-order valence-corrected chi connectivity index (χ3v) is 3.55. The molecule has 6 nitrogen and oxygen atoms in total. The van der Waals surface area contributed by atoms with E-state index in [1.807, 2.05) is 13.8 Å². The molecule has 0 aromatic carbocycles. The Kier molecular flexibility index (Phi) is 6.44. The molecule has 0 aliphatic carbocycles. The molecule has 7 heteroatoms. The van der Waals surface area contributed by atoms with Gasteiger partial charge in [-0.1, -0.05) is 0 Å². The van der Waals surface area contributed by atoms with Gasteiger partial charge in [-0.15, -0.1) is 11.3 Å². The van der Waals surface area contributed by atoms with Crippen LogP contribution in [0.25, 0.3) is 0 Å². The van der Waals surface area contributed by atoms with Crippen LogP contribution in [0, 0.1) is 0 Å². The lowest BCUT2D eigenvalue weighted by Crippen LogP contribution is -2.32. The second-order valence-electron chi connectivity index (χ2n) is 3.94. The molecule has 1 heterocycles. The summed E-state index contributed by atoms with van der Waals surface area (Å²) in [4.78, 5) is 28.1. The molecule has 19 heavy (non-hydrogen) atoms. The van der Waals surface area contributed by atoms with Gasteiger partial charge in [0, 0.05) is 38.0 Å². The maximum absolute atomic E-state index is 11.7. The fourth-order valence-corrected chi connectivity index (χ4v) is 2.29. The van der Waals surface area contributed by atoms with Crippen molar-refractivity contribution in [2.45, 2.75) is 26.8 Å². The predicted octanol–water partition coefficient (Wildman–Crippen LogP) is 1.19. The first-order valence-electron chi connectivity index (χ1n) is 6.24. The summed E-state index contributed by atoms with van der Waals surface area (Å²) in [6, 6.07) is 0. The number of amides is 1. The summed E-state index contributed by atoms with van der Waals surface area (Å²) in [5.74, 6) is -0.880. The molecule has 1 aromatic rings. The number of nitrogens with zero attached hydrogens (tertiary/aromatic N) is 2. The minimum absolute atomic E-state index is 0.0935. The molecule has 0 spiro atoms. The molecule has 1 rings (SSSR count). The van der Waals surface area contributed by atoms with Crippen LogP contribution in [0.5, 0.6) is 0 Å². The molecule has 0 saturated heterocycles. The number of carboxylic acid groups (broad SMARTS) is 1. The van der Waals surface area contributed by atoms with Gasteiger partial charge in [0.15, 0.2) is 0 Å². The van der Waals surface area contributed by atoms with Crippen molar-refractivity contribution in [3.8, 4) is 0 Å². The molecule has 1 amide bonds. The van der Waals surface area contributed by atoms with Gasteiger partial charge in [0.1, 0.15) is 0 Å². The second kappa shape index (κ2) is 7.85. The summed E-state index contributed by atoms with van der Waals surface area (Å²) in [5, 5.41) is 13.6. The number of rotatable bonds is 8. The third kappa shape index (κ3) is 4.96. The van der Waals surface area contributed by atoms with E-state index in [4.69, 9.17) is 5.11 Å². The first-order valence-corrected chi connectivity index (χ1v) is 7.12. The number of nitrogens with one attached hydrogen (secondary N) is 1. The van der Waals surface area contributed by atoms with Gasteiger partial charge in [0.05, 0.1) is 5.69 Å². The highest BCUT2D eigenvalue weighted by Gasteiger charge is 2.10. The first kappa shape index (κ1) is 15.6. The van der Waals surface area contributed by atoms with E-state index in [1.165, 1.54) is 0 Å². The van der Waals surface area contributed by atoms with Crippen molar-refractivity contribution in [1.82, 2.24) is 15.2 Å². The van der Waals surface area contributed by atoms with E-state index < -0.39 is 5.97 Å². The van der Waals surface area contributed by atoms with Crippen LogP contribution in [0.1, 0.15) is 35.8 Å². The molecule has 0 saturated carbocycles. The summed E-state index contributed by atoms with van der Waals surface area (Å²) in [7, 11) is 0. The van der Waals surface area contributed by atoms with E-state index in [1.54, 1.807) is 10.3 Å². The number of hydrogen-bond acceptors (Lipinski definition) is 5. The Morgan fingerprint density at radius 2 is 2.11 bits per heavy atom. The van der Waals surface area contributed by atoms with Crippen LogP contribution in [0.3, 0.4) is 0 Å². The fraction of sp³-hybridized carbons (Fsp3) is 0.583. The Balaban J connectivity index is 2.27. The van der Waals surface area contributed by atoms with E-state index in [2.05, 4.69) is 10.3 Å². The average molecular weight is 285 g/mol. The van der Waals surface area contributed by atoms with Crippen molar-refractivity contribution < 1.29 is 14.7 Å². The van der Waals surface area contributed by atoms with Gasteiger partial charge in [-0.2, -0.15) is 0 Å². The average Bonchev–Trinajstić information content (AvgIpc) is 2.85. The van der Waals surface area contributed by atoms with Crippen LogP contribution in [0.4, 0.5) is 0 Å². The minimum atomic E-state index is -1.01. The zero-order valence-corrected chi connectivity index (χ0v) is 12.0. The molecule has 106 valence electrons. The zero-order chi connectivity index (χ0) is 14.3.